The van der Waals surface area contributed by atoms with E-state index in [0.717, 1.165) is 49.4 Å². The number of ketones is 1. The van der Waals surface area contributed by atoms with Crippen LogP contribution in [0.5, 0.6) is 0 Å². The lowest BCUT2D eigenvalue weighted by molar-refractivity contribution is -0.338. The third kappa shape index (κ3) is 17.1. The lowest BCUT2D eigenvalue weighted by Crippen LogP contribution is -2.67. The molecule has 2 aliphatic carbocycles. The molecule has 6 aliphatic rings. The van der Waals surface area contributed by atoms with Crippen molar-refractivity contribution in [2.45, 2.75) is 221 Å². The number of carbonyl (C=O) groups excluding carboxylic acids is 4. The molecule has 5 heterocycles. The molecular formula is C63H89F3N6O20. The number of hydrogen-bond donors (Lipinski definition) is 10. The van der Waals surface area contributed by atoms with Gasteiger partial charge < -0.3 is 94.3 Å². The molecule has 4 aliphatic heterocycles. The smallest absolute Gasteiger partial charge is 0.252 e. The number of aliphatic hydroxyl groups excluding tert-OH is 8. The number of halogens is 3. The van der Waals surface area contributed by atoms with Gasteiger partial charge in [0.05, 0.1) is 50.9 Å². The van der Waals surface area contributed by atoms with E-state index in [1.54, 1.807) is 35.2 Å². The summed E-state index contributed by atoms with van der Waals surface area (Å²) in [6.45, 7) is 3.92. The quantitative estimate of drug-likeness (QED) is 0.0358. The van der Waals surface area contributed by atoms with Gasteiger partial charge in [-0.25, -0.2) is 17.9 Å². The molecular weight excluding hydrogens is 1220 g/mol. The number of ether oxygens (including phenoxy) is 8. The molecule has 8 unspecified atom stereocenters. The molecule has 21 atom stereocenters. The van der Waals surface area contributed by atoms with Gasteiger partial charge in [-0.1, -0.05) is 81.0 Å². The van der Waals surface area contributed by atoms with Gasteiger partial charge in [0, 0.05) is 51.1 Å². The van der Waals surface area contributed by atoms with Crippen LogP contribution in [0.2, 0.25) is 0 Å². The minimum absolute atomic E-state index is 0.0112. The first-order valence-electron chi connectivity index (χ1n) is 32.1. The summed E-state index contributed by atoms with van der Waals surface area (Å²) in [4.78, 5) is 57.5. The summed E-state index contributed by atoms with van der Waals surface area (Å²) in [5, 5.41) is 102. The molecule has 1 aromatic heterocycles. The Bertz CT molecular complexity index is 2860. The molecule has 0 bridgehead atoms. The fraction of sp³-hybridized carbons (Fsp3) is 0.714. The number of likely N-dealkylation sites (tertiary alicyclic amines) is 1. The number of aromatic nitrogens is 3. The topological polar surface area (TPSA) is 362 Å². The predicted molar refractivity (Wildman–Crippen MR) is 314 cm³/mol. The zero-order chi connectivity index (χ0) is 65.9. The van der Waals surface area contributed by atoms with Crippen molar-refractivity contribution in [3.63, 3.8) is 0 Å². The Labute approximate surface area is 530 Å². The van der Waals surface area contributed by atoms with Gasteiger partial charge in [-0.15, -0.1) is 5.10 Å². The Kier molecular flexibility index (Phi) is 25.5. The number of benzene rings is 2. The lowest BCUT2D eigenvalue weighted by atomic mass is 9.74. The van der Waals surface area contributed by atoms with Crippen LogP contribution in [0.15, 0.2) is 48.7 Å². The molecule has 3 aromatic rings. The second kappa shape index (κ2) is 33.0. The number of nitrogens with one attached hydrogen (secondary N) is 2. The van der Waals surface area contributed by atoms with E-state index in [1.165, 1.54) is 13.8 Å². The number of carbonyl (C=O) groups is 4. The van der Waals surface area contributed by atoms with Crippen molar-refractivity contribution in [1.82, 2.24) is 30.5 Å². The average Bonchev–Trinajstić information content (AvgIpc) is 0.963. The van der Waals surface area contributed by atoms with E-state index in [1.807, 2.05) is 6.92 Å². The number of aliphatic hydroxyl groups is 8. The van der Waals surface area contributed by atoms with Gasteiger partial charge in [0.2, 0.25) is 5.91 Å². The zero-order valence-electron chi connectivity index (χ0n) is 51.9. The SMILES string of the molecule is CC[C@@H]1CC(C(=O)CCCOCCNC(=O)[C@@H](OCc2ccccc2)[C@H]2OC(CO)[C@H](O)[C@@H](n3cc(-c4cc(F)c(F)c(F)c4)nn3)C2O)C[C@@H](O[C@@H]2O[C@@H](CO)[C@H](O)C(O[C@@H](CC3CCCCC3)C(=O)N3CCC3)C2NC(C)=O)C1OC1O[C@@H](C)[C@H](O)C(O)[C@@H]1O. The Morgan fingerprint density at radius 1 is 0.793 bits per heavy atom. The summed E-state index contributed by atoms with van der Waals surface area (Å²) in [5.41, 5.74) is 0.267. The standard InChI is InChI=1S/C63H89F3N6O20/c1-4-36-24-38(27-43(56(36)92-63-55(82)54(81)50(77)32(2)87-63)90-62-48(68-33(3)75)57(52(79)46(30-74)91-62)88-44(61(84)71-19-12-20-71)23-34-13-7-5-8-14-34)42(76)17-11-21-85-22-18-67-60(83)59(86-31-35-15-9-6-10-16-35)58-53(80)49(51(78)45(29-73)89-58)72-28-41(69-70-72)37-25-39(64)47(66)40(65)26-37/h6,9-10,15-16,25-26,28,32,34,36,38,43-46,48-59,62-63,73-74,77-82H,4-5,7-8,11-14,17-24,27,29-31H2,1-3H3,(H,67,83)(H,68,75)/t32-,36+,38?,43+,44-,45?,46-,48?,49+,50-,51-,52-,53?,54?,55-,56?,57?,58-,59-,62+,63?/m0/s1. The van der Waals surface area contributed by atoms with Crippen LogP contribution in [-0.4, -0.2) is 240 Å². The van der Waals surface area contributed by atoms with Crippen LogP contribution >= 0.6 is 0 Å². The van der Waals surface area contributed by atoms with E-state index in [4.69, 9.17) is 37.9 Å². The minimum Gasteiger partial charge on any atom is -0.394 e. The van der Waals surface area contributed by atoms with Gasteiger partial charge in [-0.05, 0) is 68.6 Å². The van der Waals surface area contributed by atoms with E-state index in [9.17, 15) is 73.2 Å². The highest BCUT2D eigenvalue weighted by Gasteiger charge is 2.54. The second-order valence-electron chi connectivity index (χ2n) is 25.1. The minimum atomic E-state index is -1.80. The largest absolute Gasteiger partial charge is 0.394 e. The van der Waals surface area contributed by atoms with Gasteiger partial charge in [-0.2, -0.15) is 0 Å². The molecule has 92 heavy (non-hydrogen) atoms. The number of nitrogens with zero attached hydrogens (tertiary/aromatic N) is 4. The third-order valence-electron chi connectivity index (χ3n) is 18.7. The monoisotopic (exact) mass is 1310 g/mol. The highest BCUT2D eigenvalue weighted by atomic mass is 19.2. The third-order valence-corrected chi connectivity index (χ3v) is 18.7. The molecule has 9 rings (SSSR count). The van der Waals surface area contributed by atoms with Gasteiger partial charge in [-0.3, -0.25) is 19.2 Å². The molecule has 26 nitrogen and oxygen atoms in total. The fourth-order valence-corrected chi connectivity index (χ4v) is 13.4. The van der Waals surface area contributed by atoms with Crippen molar-refractivity contribution in [1.29, 1.82) is 0 Å². The average molecular weight is 1310 g/mol. The zero-order valence-corrected chi connectivity index (χ0v) is 51.9. The van der Waals surface area contributed by atoms with E-state index < -0.39 is 171 Å². The van der Waals surface area contributed by atoms with Crippen LogP contribution in [0.25, 0.3) is 11.3 Å². The highest BCUT2D eigenvalue weighted by molar-refractivity contribution is 5.82. The van der Waals surface area contributed by atoms with Crippen molar-refractivity contribution >= 4 is 23.5 Å². The summed E-state index contributed by atoms with van der Waals surface area (Å²) in [5.74, 6) is -7.43. The highest BCUT2D eigenvalue weighted by Crippen LogP contribution is 2.41. The summed E-state index contributed by atoms with van der Waals surface area (Å²) in [6.07, 6.45) is -16.0. The Hall–Kier alpha value is -5.19. The summed E-state index contributed by atoms with van der Waals surface area (Å²) in [7, 11) is 0. The molecule has 512 valence electrons. The van der Waals surface area contributed by atoms with Gasteiger partial charge in [0.1, 0.15) is 90.7 Å². The normalized spacial score (nSPS) is 33.5. The summed E-state index contributed by atoms with van der Waals surface area (Å²) in [6, 6.07) is 7.35. The van der Waals surface area contributed by atoms with E-state index in [0.29, 0.717) is 43.6 Å². The Balaban J connectivity index is 0.861. The lowest BCUT2D eigenvalue weighted by Gasteiger charge is -2.49. The first kappa shape index (κ1) is 71.1. The fourth-order valence-electron chi connectivity index (χ4n) is 13.4. The molecule has 2 aromatic carbocycles. The van der Waals surface area contributed by atoms with Crippen LogP contribution in [0.1, 0.15) is 109 Å². The molecule has 2 saturated carbocycles. The molecule has 10 N–H and O–H groups in total. The molecule has 0 radical (unpaired) electrons. The maximum Gasteiger partial charge on any atom is 0.252 e. The van der Waals surface area contributed by atoms with Crippen LogP contribution in [0, 0.1) is 35.2 Å². The predicted octanol–water partition coefficient (Wildman–Crippen LogP) is 1.03. The van der Waals surface area contributed by atoms with Crippen molar-refractivity contribution < 1.29 is 111 Å². The van der Waals surface area contributed by atoms with Gasteiger partial charge in [0.15, 0.2) is 36.1 Å². The van der Waals surface area contributed by atoms with E-state index >= 15 is 0 Å². The number of rotatable bonds is 28. The van der Waals surface area contributed by atoms with E-state index in [-0.39, 0.29) is 80.9 Å². The van der Waals surface area contributed by atoms with Crippen molar-refractivity contribution in [3.8, 4) is 11.3 Å². The Morgan fingerprint density at radius 2 is 1.50 bits per heavy atom. The van der Waals surface area contributed by atoms with Crippen LogP contribution in [0.4, 0.5) is 13.2 Å². The first-order valence-corrected chi connectivity index (χ1v) is 32.1. The molecule has 3 amide bonds. The summed E-state index contributed by atoms with van der Waals surface area (Å²) >= 11 is 0. The maximum absolute atomic E-state index is 14.4. The summed E-state index contributed by atoms with van der Waals surface area (Å²) < 4.78 is 93.3. The second-order valence-corrected chi connectivity index (χ2v) is 25.1. The van der Waals surface area contributed by atoms with Gasteiger partial charge >= 0.3 is 0 Å². The van der Waals surface area contributed by atoms with Crippen LogP contribution < -0.4 is 10.6 Å². The number of amides is 3. The van der Waals surface area contributed by atoms with Crippen molar-refractivity contribution in [2.24, 2.45) is 17.8 Å². The van der Waals surface area contributed by atoms with Crippen molar-refractivity contribution in [3.05, 3.63) is 71.7 Å². The first-order chi connectivity index (χ1) is 44.2. The number of hydrogen-bond acceptors (Lipinski definition) is 22. The molecule has 6 fully saturated rings. The number of Topliss-reactive ketones (excluding diaryl/α,β-unsaturated/α-hetero) is 1. The van der Waals surface area contributed by atoms with Crippen molar-refractivity contribution in [2.75, 3.05) is 46.1 Å². The molecule has 0 spiro atoms. The molecule has 4 saturated heterocycles. The van der Waals surface area contributed by atoms with Crippen LogP contribution in [-0.2, 0) is 63.7 Å². The maximum atomic E-state index is 14.4. The van der Waals surface area contributed by atoms with Gasteiger partial charge in [0.25, 0.3) is 11.8 Å². The van der Waals surface area contributed by atoms with Crippen LogP contribution in [0.3, 0.4) is 0 Å². The van der Waals surface area contributed by atoms with E-state index in [2.05, 4.69) is 20.9 Å². The Morgan fingerprint density at radius 3 is 2.16 bits per heavy atom. The molecule has 29 heteroatoms.